The van der Waals surface area contributed by atoms with Crippen molar-refractivity contribution in [1.82, 2.24) is 0 Å². The zero-order valence-corrected chi connectivity index (χ0v) is 19.0. The summed E-state index contributed by atoms with van der Waals surface area (Å²) in [5.41, 5.74) is 6.77. The molecule has 162 valence electrons. The lowest BCUT2D eigenvalue weighted by atomic mass is 10.0. The highest BCUT2D eigenvalue weighted by Crippen LogP contribution is 2.32. The van der Waals surface area contributed by atoms with Crippen LogP contribution in [0.2, 0.25) is 0 Å². The number of aryl methyl sites for hydroxylation is 5. The molecule has 4 heteroatoms. The number of ketones is 1. The van der Waals surface area contributed by atoms with Gasteiger partial charge in [-0.15, -0.1) is 0 Å². The molecule has 4 nitrogen and oxygen atoms in total. The van der Waals surface area contributed by atoms with Gasteiger partial charge in [0.05, 0.1) is 5.39 Å². The van der Waals surface area contributed by atoms with E-state index in [2.05, 4.69) is 0 Å². The molecule has 0 amide bonds. The molecule has 0 bridgehead atoms. The van der Waals surface area contributed by atoms with Crippen LogP contribution in [-0.2, 0) is 0 Å². The molecular formula is C28H26O4. The Morgan fingerprint density at radius 3 is 2.16 bits per heavy atom. The average molecular weight is 427 g/mol. The quantitative estimate of drug-likeness (QED) is 0.353. The standard InChI is InChI=1S/C28H26O4/c1-16-6-9-21(10-7-16)27-28(26(30)23-13-19(4)20(5)14-25(23)32-27)31-15-24(29)22-11-8-17(2)18(3)12-22/h6-14H,15H2,1-5H3. The highest BCUT2D eigenvalue weighted by atomic mass is 16.5. The van der Waals surface area contributed by atoms with Crippen LogP contribution in [0.15, 0.2) is 63.8 Å². The normalized spacial score (nSPS) is 11.0. The third-order valence-corrected chi connectivity index (χ3v) is 5.96. The maximum atomic E-state index is 13.4. The highest BCUT2D eigenvalue weighted by molar-refractivity contribution is 5.97. The van der Waals surface area contributed by atoms with E-state index in [-0.39, 0.29) is 23.6 Å². The first-order valence-electron chi connectivity index (χ1n) is 10.6. The zero-order valence-electron chi connectivity index (χ0n) is 19.0. The molecule has 0 saturated carbocycles. The lowest BCUT2D eigenvalue weighted by Crippen LogP contribution is -2.17. The Morgan fingerprint density at radius 2 is 1.47 bits per heavy atom. The summed E-state index contributed by atoms with van der Waals surface area (Å²) in [7, 11) is 0. The fourth-order valence-electron chi connectivity index (χ4n) is 3.60. The van der Waals surface area contributed by atoms with Crippen LogP contribution in [0.3, 0.4) is 0 Å². The zero-order chi connectivity index (χ0) is 23.0. The summed E-state index contributed by atoms with van der Waals surface area (Å²) < 4.78 is 12.0. The number of Topliss-reactive ketones (excluding diaryl/α,β-unsaturated/α-hetero) is 1. The maximum Gasteiger partial charge on any atom is 0.235 e. The van der Waals surface area contributed by atoms with Crippen molar-refractivity contribution in [3.05, 3.63) is 98.2 Å². The van der Waals surface area contributed by atoms with Crippen LogP contribution in [0.1, 0.15) is 38.2 Å². The van der Waals surface area contributed by atoms with Crippen molar-refractivity contribution < 1.29 is 13.9 Å². The molecule has 3 aromatic carbocycles. The Morgan fingerprint density at radius 1 is 0.812 bits per heavy atom. The Kier molecular flexibility index (Phi) is 5.70. The van der Waals surface area contributed by atoms with Gasteiger partial charge in [-0.2, -0.15) is 0 Å². The number of hydrogen-bond donors (Lipinski definition) is 0. The van der Waals surface area contributed by atoms with E-state index in [4.69, 9.17) is 9.15 Å². The van der Waals surface area contributed by atoms with E-state index in [0.717, 1.165) is 33.4 Å². The largest absolute Gasteiger partial charge is 0.478 e. The predicted molar refractivity (Wildman–Crippen MR) is 128 cm³/mol. The summed E-state index contributed by atoms with van der Waals surface area (Å²) in [6.45, 7) is 9.64. The molecule has 0 saturated heterocycles. The summed E-state index contributed by atoms with van der Waals surface area (Å²) in [4.78, 5) is 26.2. The number of rotatable bonds is 5. The molecule has 0 atom stereocenters. The van der Waals surface area contributed by atoms with Gasteiger partial charge in [0, 0.05) is 11.1 Å². The van der Waals surface area contributed by atoms with Gasteiger partial charge in [0.2, 0.25) is 11.2 Å². The molecule has 4 rings (SSSR count). The van der Waals surface area contributed by atoms with E-state index < -0.39 is 0 Å². The van der Waals surface area contributed by atoms with Crippen LogP contribution in [0.5, 0.6) is 5.75 Å². The van der Waals surface area contributed by atoms with E-state index in [9.17, 15) is 9.59 Å². The summed E-state index contributed by atoms with van der Waals surface area (Å²) in [6, 6.07) is 16.9. The number of carbonyl (C=O) groups excluding carboxylic acids is 1. The van der Waals surface area contributed by atoms with E-state index in [0.29, 0.717) is 22.3 Å². The van der Waals surface area contributed by atoms with Gasteiger partial charge in [0.1, 0.15) is 5.58 Å². The lowest BCUT2D eigenvalue weighted by Gasteiger charge is -2.13. The molecule has 0 spiro atoms. The second kappa shape index (κ2) is 8.46. The van der Waals surface area contributed by atoms with Crippen LogP contribution in [0.4, 0.5) is 0 Å². The number of ether oxygens (including phenoxy) is 1. The number of fused-ring (bicyclic) bond motifs is 1. The van der Waals surface area contributed by atoms with E-state index in [1.807, 2.05) is 83.1 Å². The van der Waals surface area contributed by atoms with Gasteiger partial charge in [0.15, 0.2) is 18.2 Å². The number of benzene rings is 3. The molecule has 1 heterocycles. The SMILES string of the molecule is Cc1ccc(-c2oc3cc(C)c(C)cc3c(=O)c2OCC(=O)c2ccc(C)c(C)c2)cc1. The highest BCUT2D eigenvalue weighted by Gasteiger charge is 2.20. The first-order valence-corrected chi connectivity index (χ1v) is 10.6. The third kappa shape index (κ3) is 4.09. The minimum atomic E-state index is -0.280. The van der Waals surface area contributed by atoms with Crippen molar-refractivity contribution in [2.75, 3.05) is 6.61 Å². The Bertz CT molecular complexity index is 1390. The minimum absolute atomic E-state index is 0.0572. The summed E-state index contributed by atoms with van der Waals surface area (Å²) >= 11 is 0. The molecule has 0 aliphatic heterocycles. The maximum absolute atomic E-state index is 13.4. The van der Waals surface area contributed by atoms with Crippen molar-refractivity contribution >= 4 is 16.8 Å². The Balaban J connectivity index is 1.79. The van der Waals surface area contributed by atoms with E-state index in [1.54, 1.807) is 6.07 Å². The first-order chi connectivity index (χ1) is 15.2. The molecule has 32 heavy (non-hydrogen) atoms. The molecular weight excluding hydrogens is 400 g/mol. The molecule has 0 unspecified atom stereocenters. The second-order valence-electron chi connectivity index (χ2n) is 8.40. The smallest absolute Gasteiger partial charge is 0.235 e. The average Bonchev–Trinajstić information content (AvgIpc) is 2.76. The lowest BCUT2D eigenvalue weighted by molar-refractivity contribution is 0.0920. The van der Waals surface area contributed by atoms with Crippen LogP contribution < -0.4 is 10.2 Å². The summed E-state index contributed by atoms with van der Waals surface area (Å²) in [5.74, 6) is 0.197. The molecule has 0 aliphatic rings. The molecule has 4 aromatic rings. The topological polar surface area (TPSA) is 56.5 Å². The third-order valence-electron chi connectivity index (χ3n) is 5.96. The molecule has 0 aliphatic carbocycles. The molecule has 0 fully saturated rings. The van der Waals surface area contributed by atoms with Gasteiger partial charge in [-0.1, -0.05) is 42.0 Å². The fourth-order valence-corrected chi connectivity index (χ4v) is 3.60. The van der Waals surface area contributed by atoms with Crippen molar-refractivity contribution in [2.24, 2.45) is 0 Å². The Labute approximate surface area is 187 Å². The molecule has 1 aromatic heterocycles. The van der Waals surface area contributed by atoms with Crippen molar-refractivity contribution in [3.63, 3.8) is 0 Å². The monoisotopic (exact) mass is 426 g/mol. The number of hydrogen-bond acceptors (Lipinski definition) is 4. The van der Waals surface area contributed by atoms with Gasteiger partial charge in [0.25, 0.3) is 0 Å². The van der Waals surface area contributed by atoms with Crippen LogP contribution in [0.25, 0.3) is 22.3 Å². The van der Waals surface area contributed by atoms with Crippen LogP contribution >= 0.6 is 0 Å². The van der Waals surface area contributed by atoms with Crippen LogP contribution in [0, 0.1) is 34.6 Å². The Hall–Kier alpha value is -3.66. The van der Waals surface area contributed by atoms with Crippen molar-refractivity contribution in [3.8, 4) is 17.1 Å². The predicted octanol–water partition coefficient (Wildman–Crippen LogP) is 6.26. The summed E-state index contributed by atoms with van der Waals surface area (Å²) in [5, 5.41) is 0.442. The van der Waals surface area contributed by atoms with E-state index >= 15 is 0 Å². The van der Waals surface area contributed by atoms with Crippen molar-refractivity contribution in [1.29, 1.82) is 0 Å². The summed E-state index contributed by atoms with van der Waals surface area (Å²) in [6.07, 6.45) is 0. The minimum Gasteiger partial charge on any atom is -0.478 e. The van der Waals surface area contributed by atoms with E-state index in [1.165, 1.54) is 0 Å². The molecule has 0 radical (unpaired) electrons. The van der Waals surface area contributed by atoms with Gasteiger partial charge in [-0.05, 0) is 75.1 Å². The van der Waals surface area contributed by atoms with Gasteiger partial charge in [-0.3, -0.25) is 9.59 Å². The molecule has 0 N–H and O–H groups in total. The van der Waals surface area contributed by atoms with Crippen molar-refractivity contribution in [2.45, 2.75) is 34.6 Å². The van der Waals surface area contributed by atoms with Gasteiger partial charge >= 0.3 is 0 Å². The van der Waals surface area contributed by atoms with Gasteiger partial charge in [-0.25, -0.2) is 0 Å². The second-order valence-corrected chi connectivity index (χ2v) is 8.40. The number of carbonyl (C=O) groups is 1. The van der Waals surface area contributed by atoms with Gasteiger partial charge < -0.3 is 9.15 Å². The fraction of sp³-hybridized carbons (Fsp3) is 0.214. The van der Waals surface area contributed by atoms with Crippen LogP contribution in [-0.4, -0.2) is 12.4 Å². The first kappa shape index (κ1) is 21.6.